The molecule has 2 aromatic rings. The molecule has 0 heterocycles. The first-order valence-corrected chi connectivity index (χ1v) is 7.10. The summed E-state index contributed by atoms with van der Waals surface area (Å²) in [4.78, 5) is 12.3. The van der Waals surface area contributed by atoms with E-state index in [1.165, 1.54) is 0 Å². The van der Waals surface area contributed by atoms with Gasteiger partial charge in [0.05, 0.1) is 13.2 Å². The third-order valence-electron chi connectivity index (χ3n) is 3.37. The van der Waals surface area contributed by atoms with Crippen LogP contribution in [0.15, 0.2) is 42.5 Å². The Bertz CT molecular complexity index is 655. The third-order valence-corrected chi connectivity index (χ3v) is 3.60. The molecule has 4 heteroatoms. The zero-order valence-corrected chi connectivity index (χ0v) is 13.1. The standard InChI is InChI=1S/C17H18ClNO2/c1-11-7-8-14(10-16(11)21-3)17(20)19-12(2)13-5-4-6-15(18)9-13/h4-10,12H,1-3H3,(H,19,20). The van der Waals surface area contributed by atoms with E-state index in [4.69, 9.17) is 16.3 Å². The van der Waals surface area contributed by atoms with Gasteiger partial charge in [0.15, 0.2) is 0 Å². The van der Waals surface area contributed by atoms with Gasteiger partial charge in [-0.3, -0.25) is 4.79 Å². The van der Waals surface area contributed by atoms with E-state index in [-0.39, 0.29) is 11.9 Å². The van der Waals surface area contributed by atoms with Gasteiger partial charge >= 0.3 is 0 Å². The summed E-state index contributed by atoms with van der Waals surface area (Å²) >= 11 is 5.97. The van der Waals surface area contributed by atoms with E-state index in [1.807, 2.05) is 44.2 Å². The molecule has 1 amide bonds. The summed E-state index contributed by atoms with van der Waals surface area (Å²) in [6, 6.07) is 12.8. The third kappa shape index (κ3) is 3.76. The van der Waals surface area contributed by atoms with Gasteiger partial charge in [-0.15, -0.1) is 0 Å². The molecular weight excluding hydrogens is 286 g/mol. The average Bonchev–Trinajstić information content (AvgIpc) is 2.47. The number of nitrogens with one attached hydrogen (secondary N) is 1. The molecule has 3 nitrogen and oxygen atoms in total. The van der Waals surface area contributed by atoms with Gasteiger partial charge in [0, 0.05) is 10.6 Å². The van der Waals surface area contributed by atoms with Gasteiger partial charge < -0.3 is 10.1 Å². The monoisotopic (exact) mass is 303 g/mol. The average molecular weight is 304 g/mol. The van der Waals surface area contributed by atoms with Gasteiger partial charge in [0.25, 0.3) is 5.91 Å². The smallest absolute Gasteiger partial charge is 0.251 e. The van der Waals surface area contributed by atoms with Crippen LogP contribution in [0.1, 0.15) is 34.5 Å². The maximum atomic E-state index is 12.3. The molecule has 0 aliphatic heterocycles. The number of benzene rings is 2. The first kappa shape index (κ1) is 15.4. The van der Waals surface area contributed by atoms with Crippen molar-refractivity contribution in [1.82, 2.24) is 5.32 Å². The minimum atomic E-state index is -0.138. The van der Waals surface area contributed by atoms with Gasteiger partial charge in [0.1, 0.15) is 5.75 Å². The Morgan fingerprint density at radius 2 is 2.00 bits per heavy atom. The Labute approximate surface area is 129 Å². The molecule has 0 aliphatic carbocycles. The highest BCUT2D eigenvalue weighted by Crippen LogP contribution is 2.21. The number of hydrogen-bond donors (Lipinski definition) is 1. The van der Waals surface area contributed by atoms with Gasteiger partial charge in [-0.1, -0.05) is 29.8 Å². The predicted molar refractivity (Wildman–Crippen MR) is 85.1 cm³/mol. The number of carbonyl (C=O) groups is 1. The topological polar surface area (TPSA) is 38.3 Å². The maximum absolute atomic E-state index is 12.3. The second kappa shape index (κ2) is 6.64. The summed E-state index contributed by atoms with van der Waals surface area (Å²) in [6.07, 6.45) is 0. The fourth-order valence-corrected chi connectivity index (χ4v) is 2.30. The Kier molecular flexibility index (Phi) is 4.86. The molecule has 0 radical (unpaired) electrons. The molecule has 2 rings (SSSR count). The second-order valence-electron chi connectivity index (χ2n) is 4.93. The number of carbonyl (C=O) groups excluding carboxylic acids is 1. The normalized spacial score (nSPS) is 11.8. The largest absolute Gasteiger partial charge is 0.496 e. The number of hydrogen-bond acceptors (Lipinski definition) is 2. The fraction of sp³-hybridized carbons (Fsp3) is 0.235. The van der Waals surface area contributed by atoms with E-state index in [0.717, 1.165) is 11.1 Å². The highest BCUT2D eigenvalue weighted by molar-refractivity contribution is 6.30. The molecule has 0 saturated carbocycles. The van der Waals surface area contributed by atoms with Gasteiger partial charge in [-0.2, -0.15) is 0 Å². The van der Waals surface area contributed by atoms with Crippen molar-refractivity contribution in [2.75, 3.05) is 7.11 Å². The zero-order valence-electron chi connectivity index (χ0n) is 12.3. The minimum absolute atomic E-state index is 0.122. The van der Waals surface area contributed by atoms with E-state index in [9.17, 15) is 4.79 Å². The highest BCUT2D eigenvalue weighted by atomic mass is 35.5. The van der Waals surface area contributed by atoms with Crippen molar-refractivity contribution >= 4 is 17.5 Å². The van der Waals surface area contributed by atoms with Crippen molar-refractivity contribution in [2.45, 2.75) is 19.9 Å². The van der Waals surface area contributed by atoms with Crippen molar-refractivity contribution in [3.63, 3.8) is 0 Å². The molecule has 21 heavy (non-hydrogen) atoms. The summed E-state index contributed by atoms with van der Waals surface area (Å²) in [6.45, 7) is 3.87. The van der Waals surface area contributed by atoms with Crippen LogP contribution in [0.25, 0.3) is 0 Å². The lowest BCUT2D eigenvalue weighted by Gasteiger charge is -2.15. The van der Waals surface area contributed by atoms with Crippen molar-refractivity contribution in [1.29, 1.82) is 0 Å². The zero-order chi connectivity index (χ0) is 15.4. The van der Waals surface area contributed by atoms with Crippen LogP contribution in [0.3, 0.4) is 0 Å². The summed E-state index contributed by atoms with van der Waals surface area (Å²) in [5.41, 5.74) is 2.54. The highest BCUT2D eigenvalue weighted by Gasteiger charge is 2.13. The molecule has 0 saturated heterocycles. The van der Waals surface area contributed by atoms with E-state index < -0.39 is 0 Å². The Morgan fingerprint density at radius 3 is 2.67 bits per heavy atom. The minimum Gasteiger partial charge on any atom is -0.496 e. The summed E-state index contributed by atoms with van der Waals surface area (Å²) < 4.78 is 5.24. The van der Waals surface area contributed by atoms with Crippen molar-refractivity contribution in [3.8, 4) is 5.75 Å². The van der Waals surface area contributed by atoms with Crippen LogP contribution in [0.4, 0.5) is 0 Å². The first-order valence-electron chi connectivity index (χ1n) is 6.72. The number of aryl methyl sites for hydroxylation is 1. The molecule has 1 atom stereocenters. The van der Waals surface area contributed by atoms with Crippen LogP contribution in [0.2, 0.25) is 5.02 Å². The lowest BCUT2D eigenvalue weighted by Crippen LogP contribution is -2.26. The maximum Gasteiger partial charge on any atom is 0.251 e. The molecule has 1 N–H and O–H groups in total. The number of amides is 1. The van der Waals surface area contributed by atoms with E-state index >= 15 is 0 Å². The van der Waals surface area contributed by atoms with Gasteiger partial charge in [-0.05, 0) is 49.2 Å². The second-order valence-corrected chi connectivity index (χ2v) is 5.37. The molecule has 0 aromatic heterocycles. The number of ether oxygens (including phenoxy) is 1. The molecule has 0 bridgehead atoms. The summed E-state index contributed by atoms with van der Waals surface area (Å²) in [7, 11) is 1.60. The van der Waals surface area contributed by atoms with Crippen LogP contribution in [0.5, 0.6) is 5.75 Å². The molecule has 1 unspecified atom stereocenters. The van der Waals surface area contributed by atoms with Crippen molar-refractivity contribution < 1.29 is 9.53 Å². The Hall–Kier alpha value is -2.00. The van der Waals surface area contributed by atoms with Crippen molar-refractivity contribution in [2.24, 2.45) is 0 Å². The fourth-order valence-electron chi connectivity index (χ4n) is 2.10. The van der Waals surface area contributed by atoms with Crippen LogP contribution in [-0.2, 0) is 0 Å². The molecule has 0 spiro atoms. The predicted octanol–water partition coefficient (Wildman–Crippen LogP) is 4.15. The first-order chi connectivity index (χ1) is 10.0. The summed E-state index contributed by atoms with van der Waals surface area (Å²) in [5.74, 6) is 0.568. The molecule has 2 aromatic carbocycles. The SMILES string of the molecule is COc1cc(C(=O)NC(C)c2cccc(Cl)c2)ccc1C. The summed E-state index contributed by atoms with van der Waals surface area (Å²) in [5, 5.41) is 3.62. The van der Waals surface area contributed by atoms with E-state index in [2.05, 4.69) is 5.32 Å². The quantitative estimate of drug-likeness (QED) is 0.921. The van der Waals surface area contributed by atoms with Crippen LogP contribution < -0.4 is 10.1 Å². The van der Waals surface area contributed by atoms with Gasteiger partial charge in [0.2, 0.25) is 0 Å². The van der Waals surface area contributed by atoms with Crippen LogP contribution in [-0.4, -0.2) is 13.0 Å². The van der Waals surface area contributed by atoms with Crippen molar-refractivity contribution in [3.05, 3.63) is 64.2 Å². The van der Waals surface area contributed by atoms with E-state index in [1.54, 1.807) is 19.2 Å². The molecule has 110 valence electrons. The lowest BCUT2D eigenvalue weighted by molar-refractivity contribution is 0.0939. The number of methoxy groups -OCH3 is 1. The van der Waals surface area contributed by atoms with E-state index in [0.29, 0.717) is 16.3 Å². The van der Waals surface area contributed by atoms with Crippen LogP contribution >= 0.6 is 11.6 Å². The van der Waals surface area contributed by atoms with Crippen LogP contribution in [0, 0.1) is 6.92 Å². The van der Waals surface area contributed by atoms with Gasteiger partial charge in [-0.25, -0.2) is 0 Å². The molecule has 0 fully saturated rings. The Morgan fingerprint density at radius 1 is 1.24 bits per heavy atom. The lowest BCUT2D eigenvalue weighted by atomic mass is 10.1. The molecule has 0 aliphatic rings. The number of halogens is 1. The number of rotatable bonds is 4. The molecular formula is C17H18ClNO2. The Balaban J connectivity index is 2.14.